The molecule has 0 bridgehead atoms. The third-order valence-corrected chi connectivity index (χ3v) is 7.73. The van der Waals surface area contributed by atoms with Crippen molar-refractivity contribution in [3.63, 3.8) is 0 Å². The first-order chi connectivity index (χ1) is 19.1. The maximum Gasteiger partial charge on any atom is 0.303 e. The van der Waals surface area contributed by atoms with Crippen LogP contribution in [0.3, 0.4) is 0 Å². The zero-order valence-electron chi connectivity index (χ0n) is 26.2. The molecule has 10 heteroatoms. The second-order valence-corrected chi connectivity index (χ2v) is 13.4. The fourth-order valence-electron chi connectivity index (χ4n) is 4.20. The molecule has 0 spiro atoms. The van der Waals surface area contributed by atoms with Gasteiger partial charge in [-0.25, -0.2) is 0 Å². The second kappa shape index (κ2) is 26.1. The largest absolute Gasteiger partial charge is 0.756 e. The summed E-state index contributed by atoms with van der Waals surface area (Å²) in [5, 5.41) is 8.75. The van der Waals surface area contributed by atoms with Gasteiger partial charge in [0, 0.05) is 19.6 Å². The molecule has 9 nitrogen and oxygen atoms in total. The van der Waals surface area contributed by atoms with Crippen molar-refractivity contribution in [1.82, 2.24) is 0 Å². The number of quaternary nitrogens is 1. The van der Waals surface area contributed by atoms with Crippen molar-refractivity contribution in [2.24, 2.45) is 0 Å². The average Bonchev–Trinajstić information content (AvgIpc) is 2.87. The lowest BCUT2D eigenvalue weighted by Gasteiger charge is -2.28. The van der Waals surface area contributed by atoms with Gasteiger partial charge in [-0.3, -0.25) is 9.36 Å². The quantitative estimate of drug-likeness (QED) is 0.0534. The predicted octanol–water partition coefficient (Wildman–Crippen LogP) is 6.72. The molecule has 0 saturated carbocycles. The summed E-state index contributed by atoms with van der Waals surface area (Å²) in [6.45, 7) is 3.91. The van der Waals surface area contributed by atoms with Gasteiger partial charge in [0.05, 0.1) is 34.4 Å². The van der Waals surface area contributed by atoms with E-state index in [1.54, 1.807) is 0 Å². The number of rotatable bonds is 31. The van der Waals surface area contributed by atoms with E-state index in [-0.39, 0.29) is 26.2 Å². The molecule has 240 valence electrons. The number of likely N-dealkylation sites (N-methyl/N-ethyl adjacent to an activating group) is 1. The number of hydrogen-bond acceptors (Lipinski definition) is 7. The van der Waals surface area contributed by atoms with Crippen LogP contribution in [0, 0.1) is 0 Å². The van der Waals surface area contributed by atoms with E-state index < -0.39 is 19.9 Å². The molecular weight excluding hydrogens is 533 g/mol. The third kappa shape index (κ3) is 30.4. The molecule has 0 saturated heterocycles. The first-order valence-electron chi connectivity index (χ1n) is 15.9. The topological polar surface area (TPSA) is 114 Å². The monoisotopic (exact) mass is 595 g/mol. The van der Waals surface area contributed by atoms with E-state index in [9.17, 15) is 14.3 Å². The SMILES string of the molecule is CCCCCCCCCCCCCCCCOC[C@H](COP(=O)([O-])OCC[N+](C)(C)C)OCCCCCC(=O)O. The van der Waals surface area contributed by atoms with Gasteiger partial charge in [0.25, 0.3) is 7.82 Å². The van der Waals surface area contributed by atoms with Crippen molar-refractivity contribution in [2.45, 2.75) is 129 Å². The molecule has 0 rings (SSSR count). The minimum absolute atomic E-state index is 0.0506. The van der Waals surface area contributed by atoms with Crippen molar-refractivity contribution in [1.29, 1.82) is 0 Å². The van der Waals surface area contributed by atoms with Gasteiger partial charge in [0.15, 0.2) is 0 Å². The number of nitrogens with zero attached hydrogens (tertiary/aromatic N) is 1. The Labute approximate surface area is 245 Å². The molecule has 1 unspecified atom stereocenters. The molecule has 0 aliphatic carbocycles. The van der Waals surface area contributed by atoms with Crippen LogP contribution in [-0.2, 0) is 27.9 Å². The van der Waals surface area contributed by atoms with Gasteiger partial charge >= 0.3 is 5.97 Å². The van der Waals surface area contributed by atoms with Crippen LogP contribution in [0.15, 0.2) is 0 Å². The summed E-state index contributed by atoms with van der Waals surface area (Å²) >= 11 is 0. The number of hydrogen-bond donors (Lipinski definition) is 1. The Morgan fingerprint density at radius 1 is 0.725 bits per heavy atom. The van der Waals surface area contributed by atoms with Crippen LogP contribution in [0.4, 0.5) is 0 Å². The highest BCUT2D eigenvalue weighted by Gasteiger charge is 2.18. The van der Waals surface area contributed by atoms with Crippen molar-refractivity contribution in [2.75, 3.05) is 60.7 Å². The van der Waals surface area contributed by atoms with Gasteiger partial charge in [0.1, 0.15) is 19.3 Å². The van der Waals surface area contributed by atoms with Crippen molar-refractivity contribution < 1.29 is 42.4 Å². The Morgan fingerprint density at radius 2 is 1.23 bits per heavy atom. The maximum absolute atomic E-state index is 12.1. The highest BCUT2D eigenvalue weighted by Crippen LogP contribution is 2.38. The number of carboxylic acids is 1. The van der Waals surface area contributed by atoms with Crippen molar-refractivity contribution >= 4 is 13.8 Å². The van der Waals surface area contributed by atoms with Crippen molar-refractivity contribution in [3.05, 3.63) is 0 Å². The molecule has 0 aromatic rings. The Bertz CT molecular complexity index is 629. The van der Waals surface area contributed by atoms with E-state index in [2.05, 4.69) is 6.92 Å². The van der Waals surface area contributed by atoms with Crippen LogP contribution in [0.1, 0.15) is 122 Å². The first-order valence-corrected chi connectivity index (χ1v) is 17.3. The van der Waals surface area contributed by atoms with E-state index in [0.29, 0.717) is 37.1 Å². The van der Waals surface area contributed by atoms with Crippen LogP contribution in [-0.4, -0.2) is 82.4 Å². The summed E-state index contributed by atoms with van der Waals surface area (Å²) in [6, 6.07) is 0. The molecule has 0 amide bonds. The van der Waals surface area contributed by atoms with Gasteiger partial charge in [-0.15, -0.1) is 0 Å². The van der Waals surface area contributed by atoms with E-state index >= 15 is 0 Å². The Balaban J connectivity index is 4.05. The van der Waals surface area contributed by atoms with Gasteiger partial charge in [-0.2, -0.15) is 0 Å². The van der Waals surface area contributed by atoms with E-state index in [4.69, 9.17) is 23.6 Å². The van der Waals surface area contributed by atoms with Gasteiger partial charge < -0.3 is 33.0 Å². The number of ether oxygens (including phenoxy) is 2. The summed E-state index contributed by atoms with van der Waals surface area (Å²) in [4.78, 5) is 22.8. The molecule has 1 N–H and O–H groups in total. The molecule has 2 atom stereocenters. The van der Waals surface area contributed by atoms with Gasteiger partial charge in [-0.05, 0) is 19.3 Å². The zero-order valence-corrected chi connectivity index (χ0v) is 27.1. The minimum atomic E-state index is -4.43. The van der Waals surface area contributed by atoms with Crippen LogP contribution >= 0.6 is 7.82 Å². The van der Waals surface area contributed by atoms with Crippen LogP contribution in [0.25, 0.3) is 0 Å². The zero-order chi connectivity index (χ0) is 30.0. The standard InChI is InChI=1S/C30H62NO8P/c1-5-6-7-8-9-10-11-12-13-14-15-16-17-20-24-36-27-29(37-25-21-18-19-22-30(32)33)28-39-40(34,35)38-26-23-31(2,3)4/h29H,5-28H2,1-4H3,(H-,32,33,34,35)/t29-/m1/s1. The Morgan fingerprint density at radius 3 is 1.75 bits per heavy atom. The maximum atomic E-state index is 12.1. The molecule has 40 heavy (non-hydrogen) atoms. The molecule has 0 heterocycles. The Kier molecular flexibility index (Phi) is 25.8. The van der Waals surface area contributed by atoms with Gasteiger partial charge in [0.2, 0.25) is 0 Å². The summed E-state index contributed by atoms with van der Waals surface area (Å²) in [5.74, 6) is -0.805. The Hall–Kier alpha value is -0.540. The smallest absolute Gasteiger partial charge is 0.303 e. The number of phosphoric ester groups is 1. The molecule has 0 aliphatic rings. The van der Waals surface area contributed by atoms with Gasteiger partial charge in [-0.1, -0.05) is 96.8 Å². The molecule has 0 aliphatic heterocycles. The molecule has 0 aromatic heterocycles. The molecule has 0 aromatic carbocycles. The van der Waals surface area contributed by atoms with Crippen molar-refractivity contribution in [3.8, 4) is 0 Å². The lowest BCUT2D eigenvalue weighted by Crippen LogP contribution is -2.37. The summed E-state index contributed by atoms with van der Waals surface area (Å²) in [7, 11) is 1.43. The number of carboxylic acid groups (broad SMARTS) is 1. The number of carbonyl (C=O) groups is 1. The van der Waals surface area contributed by atoms with Crippen LogP contribution in [0.5, 0.6) is 0 Å². The fraction of sp³-hybridized carbons (Fsp3) is 0.967. The number of aliphatic carboxylic acids is 1. The summed E-state index contributed by atoms with van der Waals surface area (Å²) < 4.78 is 34.4. The molecule has 0 fully saturated rings. The van der Waals surface area contributed by atoms with Crippen LogP contribution < -0.4 is 4.89 Å². The highest BCUT2D eigenvalue weighted by molar-refractivity contribution is 7.45. The summed E-state index contributed by atoms with van der Waals surface area (Å²) in [6.07, 6.45) is 19.8. The van der Waals surface area contributed by atoms with E-state index in [0.717, 1.165) is 19.3 Å². The highest BCUT2D eigenvalue weighted by atomic mass is 31.2. The lowest BCUT2D eigenvalue weighted by atomic mass is 10.0. The second-order valence-electron chi connectivity index (χ2n) is 12.0. The average molecular weight is 596 g/mol. The van der Waals surface area contributed by atoms with E-state index in [1.165, 1.54) is 77.0 Å². The lowest BCUT2D eigenvalue weighted by molar-refractivity contribution is -0.870. The number of unbranched alkanes of at least 4 members (excludes halogenated alkanes) is 15. The molecule has 0 radical (unpaired) electrons. The normalized spacial score (nSPS) is 14.3. The predicted molar refractivity (Wildman–Crippen MR) is 159 cm³/mol. The first kappa shape index (κ1) is 39.5. The minimum Gasteiger partial charge on any atom is -0.756 e. The third-order valence-electron chi connectivity index (χ3n) is 6.76. The van der Waals surface area contributed by atoms with Crippen LogP contribution in [0.2, 0.25) is 0 Å². The molecular formula is C30H62NO8P. The summed E-state index contributed by atoms with van der Waals surface area (Å²) in [5.41, 5.74) is 0. The number of phosphoric acid groups is 1. The van der Waals surface area contributed by atoms with E-state index in [1.807, 2.05) is 21.1 Å². The fourth-order valence-corrected chi connectivity index (χ4v) is 4.93.